The second-order valence-electron chi connectivity index (χ2n) is 16.5. The number of anilines is 3. The van der Waals surface area contributed by atoms with Crippen LogP contribution in [0.1, 0.15) is 49.9 Å². The number of fused-ring (bicyclic) bond motifs is 9. The van der Waals surface area contributed by atoms with Gasteiger partial charge in [-0.15, -0.1) is 0 Å². The van der Waals surface area contributed by atoms with E-state index in [-0.39, 0.29) is 10.8 Å². The Hall–Kier alpha value is -6.64. The van der Waals surface area contributed by atoms with E-state index in [1.807, 2.05) is 12.1 Å². The molecule has 0 fully saturated rings. The standard InChI is InChI=1S/C54H41NO/c1-53(2)44-18-9-5-15-39(44)43-32-36(27-31-46(43)53)38-14-7-11-21-48(38)55(49-22-13-20-47-52(49)42-17-6-10-19-45(42)54(47,3)4)37-28-24-34(25-29-37)35-26-30-41-40-16-8-12-23-50(40)56-51(41)33-35/h5-33H,1-4H3. The van der Waals surface area contributed by atoms with Crippen molar-refractivity contribution >= 4 is 39.0 Å². The Morgan fingerprint density at radius 2 is 0.946 bits per heavy atom. The second-order valence-corrected chi connectivity index (χ2v) is 16.5. The Bertz CT molecular complexity index is 3030. The molecule has 2 heteroatoms. The summed E-state index contributed by atoms with van der Waals surface area (Å²) in [4.78, 5) is 2.49. The van der Waals surface area contributed by atoms with Crippen molar-refractivity contribution in [1.82, 2.24) is 0 Å². The highest BCUT2D eigenvalue weighted by Crippen LogP contribution is 2.55. The van der Waals surface area contributed by atoms with Gasteiger partial charge in [0.2, 0.25) is 0 Å². The minimum atomic E-state index is -0.119. The van der Waals surface area contributed by atoms with Gasteiger partial charge >= 0.3 is 0 Å². The summed E-state index contributed by atoms with van der Waals surface area (Å²) in [5.74, 6) is 0. The Morgan fingerprint density at radius 1 is 0.375 bits per heavy atom. The van der Waals surface area contributed by atoms with Crippen molar-refractivity contribution in [3.8, 4) is 44.5 Å². The van der Waals surface area contributed by atoms with E-state index in [0.29, 0.717) is 0 Å². The summed E-state index contributed by atoms with van der Waals surface area (Å²) in [5, 5.41) is 2.29. The minimum absolute atomic E-state index is 0.0442. The molecule has 268 valence electrons. The molecule has 8 aromatic carbocycles. The lowest BCUT2D eigenvalue weighted by atomic mass is 9.82. The van der Waals surface area contributed by atoms with Crippen molar-refractivity contribution in [2.24, 2.45) is 0 Å². The molecule has 0 unspecified atom stereocenters. The minimum Gasteiger partial charge on any atom is -0.456 e. The summed E-state index contributed by atoms with van der Waals surface area (Å²) in [6.07, 6.45) is 0. The molecule has 0 aliphatic heterocycles. The predicted octanol–water partition coefficient (Wildman–Crippen LogP) is 15.0. The highest BCUT2D eigenvalue weighted by Gasteiger charge is 2.38. The third-order valence-electron chi connectivity index (χ3n) is 12.7. The Kier molecular flexibility index (Phi) is 6.98. The molecule has 2 aliphatic rings. The lowest BCUT2D eigenvalue weighted by Gasteiger charge is -2.31. The Balaban J connectivity index is 1.10. The fourth-order valence-electron chi connectivity index (χ4n) is 9.84. The van der Waals surface area contributed by atoms with Gasteiger partial charge in [-0.2, -0.15) is 0 Å². The van der Waals surface area contributed by atoms with Crippen LogP contribution in [0.5, 0.6) is 0 Å². The van der Waals surface area contributed by atoms with E-state index in [0.717, 1.165) is 44.4 Å². The topological polar surface area (TPSA) is 16.4 Å². The maximum Gasteiger partial charge on any atom is 0.136 e. The molecule has 0 amide bonds. The molecule has 11 rings (SSSR count). The molecule has 56 heavy (non-hydrogen) atoms. The summed E-state index contributed by atoms with van der Waals surface area (Å²) in [7, 11) is 0. The van der Waals surface area contributed by atoms with Gasteiger partial charge in [0.25, 0.3) is 0 Å². The van der Waals surface area contributed by atoms with Crippen LogP contribution in [-0.2, 0) is 10.8 Å². The quantitative estimate of drug-likeness (QED) is 0.176. The summed E-state index contributed by atoms with van der Waals surface area (Å²) in [5.41, 5.74) is 20.5. The molecule has 0 saturated heterocycles. The normalized spacial score (nSPS) is 14.4. The highest BCUT2D eigenvalue weighted by molar-refractivity contribution is 6.06. The SMILES string of the molecule is CC1(C)c2ccccc2-c2cc(-c3ccccc3N(c3ccc(-c4ccc5c(c4)oc4ccccc45)cc3)c3cccc4c3-c3ccccc3C4(C)C)ccc21. The van der Waals surface area contributed by atoms with Gasteiger partial charge in [0.15, 0.2) is 0 Å². The van der Waals surface area contributed by atoms with Crippen molar-refractivity contribution < 1.29 is 4.42 Å². The van der Waals surface area contributed by atoms with Gasteiger partial charge in [-0.25, -0.2) is 0 Å². The van der Waals surface area contributed by atoms with E-state index < -0.39 is 0 Å². The van der Waals surface area contributed by atoms with E-state index in [9.17, 15) is 0 Å². The zero-order valence-corrected chi connectivity index (χ0v) is 32.1. The number of nitrogens with zero attached hydrogens (tertiary/aromatic N) is 1. The van der Waals surface area contributed by atoms with Crippen LogP contribution in [0, 0.1) is 0 Å². The van der Waals surface area contributed by atoms with Crippen LogP contribution in [0.2, 0.25) is 0 Å². The van der Waals surface area contributed by atoms with Crippen LogP contribution in [-0.4, -0.2) is 0 Å². The number of hydrogen-bond acceptors (Lipinski definition) is 2. The first kappa shape index (κ1) is 32.8. The number of hydrogen-bond donors (Lipinski definition) is 0. The average Bonchev–Trinajstić information content (AvgIpc) is 3.81. The van der Waals surface area contributed by atoms with E-state index in [4.69, 9.17) is 4.42 Å². The van der Waals surface area contributed by atoms with Crippen LogP contribution in [0.25, 0.3) is 66.4 Å². The Morgan fingerprint density at radius 3 is 1.77 bits per heavy atom. The van der Waals surface area contributed by atoms with E-state index >= 15 is 0 Å². The fraction of sp³-hybridized carbons (Fsp3) is 0.111. The molecule has 2 nitrogen and oxygen atoms in total. The van der Waals surface area contributed by atoms with E-state index in [1.54, 1.807) is 0 Å². The Labute approximate surface area is 328 Å². The van der Waals surface area contributed by atoms with Gasteiger partial charge in [0, 0.05) is 38.4 Å². The zero-order chi connectivity index (χ0) is 37.8. The lowest BCUT2D eigenvalue weighted by molar-refractivity contribution is 0.660. The van der Waals surface area contributed by atoms with Gasteiger partial charge in [-0.05, 0) is 104 Å². The van der Waals surface area contributed by atoms with Crippen molar-refractivity contribution in [3.05, 3.63) is 198 Å². The van der Waals surface area contributed by atoms with Gasteiger partial charge in [-0.1, -0.05) is 155 Å². The number of furan rings is 1. The predicted molar refractivity (Wildman–Crippen MR) is 234 cm³/mol. The molecular formula is C54H41NO. The maximum absolute atomic E-state index is 6.29. The van der Waals surface area contributed by atoms with Gasteiger partial charge in [0.1, 0.15) is 11.2 Å². The molecule has 2 aliphatic carbocycles. The third kappa shape index (κ3) is 4.69. The molecule has 0 radical (unpaired) electrons. The zero-order valence-electron chi connectivity index (χ0n) is 32.1. The number of para-hydroxylation sites is 2. The first-order valence-corrected chi connectivity index (χ1v) is 19.7. The maximum atomic E-state index is 6.29. The molecule has 0 atom stereocenters. The van der Waals surface area contributed by atoms with Crippen molar-refractivity contribution in [3.63, 3.8) is 0 Å². The fourth-order valence-corrected chi connectivity index (χ4v) is 9.84. The van der Waals surface area contributed by atoms with E-state index in [2.05, 4.69) is 196 Å². The van der Waals surface area contributed by atoms with Crippen LogP contribution in [0.4, 0.5) is 17.1 Å². The first-order chi connectivity index (χ1) is 27.3. The largest absolute Gasteiger partial charge is 0.456 e. The van der Waals surface area contributed by atoms with Crippen molar-refractivity contribution in [2.75, 3.05) is 4.90 Å². The number of rotatable bonds is 5. The van der Waals surface area contributed by atoms with E-state index in [1.165, 1.54) is 61.3 Å². The van der Waals surface area contributed by atoms with Crippen LogP contribution in [0.3, 0.4) is 0 Å². The summed E-state index contributed by atoms with van der Waals surface area (Å²) >= 11 is 0. The molecule has 0 N–H and O–H groups in total. The first-order valence-electron chi connectivity index (χ1n) is 19.7. The summed E-state index contributed by atoms with van der Waals surface area (Å²) in [6, 6.07) is 64.7. The second kappa shape index (κ2) is 11.9. The smallest absolute Gasteiger partial charge is 0.136 e. The van der Waals surface area contributed by atoms with Crippen LogP contribution < -0.4 is 4.90 Å². The molecule has 0 spiro atoms. The third-order valence-corrected chi connectivity index (χ3v) is 12.7. The lowest BCUT2D eigenvalue weighted by Crippen LogP contribution is -2.16. The molecule has 0 saturated carbocycles. The molecule has 9 aromatic rings. The van der Waals surface area contributed by atoms with Crippen LogP contribution >= 0.6 is 0 Å². The summed E-state index contributed by atoms with van der Waals surface area (Å²) < 4.78 is 6.29. The van der Waals surface area contributed by atoms with Gasteiger partial charge in [0.05, 0.1) is 11.4 Å². The number of benzene rings is 8. The monoisotopic (exact) mass is 719 g/mol. The van der Waals surface area contributed by atoms with Gasteiger partial charge < -0.3 is 9.32 Å². The average molecular weight is 720 g/mol. The van der Waals surface area contributed by atoms with Crippen molar-refractivity contribution in [2.45, 2.75) is 38.5 Å². The molecular weight excluding hydrogens is 679 g/mol. The molecule has 1 aromatic heterocycles. The van der Waals surface area contributed by atoms with Crippen molar-refractivity contribution in [1.29, 1.82) is 0 Å². The highest BCUT2D eigenvalue weighted by atomic mass is 16.3. The molecule has 1 heterocycles. The summed E-state index contributed by atoms with van der Waals surface area (Å²) in [6.45, 7) is 9.41. The molecule has 0 bridgehead atoms. The van der Waals surface area contributed by atoms with Crippen LogP contribution in [0.15, 0.2) is 180 Å². The van der Waals surface area contributed by atoms with Gasteiger partial charge in [-0.3, -0.25) is 0 Å².